The van der Waals surface area contributed by atoms with Gasteiger partial charge >= 0.3 is 11.9 Å². The first-order chi connectivity index (χ1) is 30.6. The molecule has 0 unspecified atom stereocenters. The van der Waals surface area contributed by atoms with Crippen molar-refractivity contribution in [3.05, 3.63) is 60.8 Å². The van der Waals surface area contributed by atoms with Crippen LogP contribution in [0.4, 0.5) is 0 Å². The second-order valence-electron chi connectivity index (χ2n) is 17.8. The fraction of sp³-hybridized carbons (Fsp3) is 0.789. The van der Waals surface area contributed by atoms with Gasteiger partial charge in [-0.25, -0.2) is 0 Å². The Bertz CT molecular complexity index is 1070. The van der Waals surface area contributed by atoms with E-state index < -0.39 is 6.10 Å². The zero-order valence-corrected chi connectivity index (χ0v) is 41.4. The minimum absolute atomic E-state index is 0.0623. The van der Waals surface area contributed by atoms with E-state index in [1.54, 1.807) is 0 Å². The first kappa shape index (κ1) is 59.6. The number of esters is 2. The van der Waals surface area contributed by atoms with E-state index in [4.69, 9.17) is 14.2 Å². The van der Waals surface area contributed by atoms with E-state index in [1.165, 1.54) is 148 Å². The summed E-state index contributed by atoms with van der Waals surface area (Å²) in [6, 6.07) is 0. The highest BCUT2D eigenvalue weighted by Gasteiger charge is 2.17. The second-order valence-corrected chi connectivity index (χ2v) is 17.8. The van der Waals surface area contributed by atoms with Crippen molar-refractivity contribution < 1.29 is 23.8 Å². The maximum atomic E-state index is 12.8. The third-order valence-electron chi connectivity index (χ3n) is 11.5. The molecule has 0 aliphatic carbocycles. The number of carbonyl (C=O) groups is 2. The van der Waals surface area contributed by atoms with Crippen LogP contribution in [0.1, 0.15) is 265 Å². The molecule has 0 heterocycles. The molecule has 0 fully saturated rings. The van der Waals surface area contributed by atoms with Gasteiger partial charge in [-0.05, 0) is 83.5 Å². The van der Waals surface area contributed by atoms with Gasteiger partial charge in [-0.15, -0.1) is 0 Å². The molecule has 0 aromatic carbocycles. The topological polar surface area (TPSA) is 61.8 Å². The summed E-state index contributed by atoms with van der Waals surface area (Å²) < 4.78 is 17.4. The smallest absolute Gasteiger partial charge is 0.306 e. The maximum Gasteiger partial charge on any atom is 0.306 e. The van der Waals surface area contributed by atoms with Gasteiger partial charge in [-0.3, -0.25) is 9.59 Å². The highest BCUT2D eigenvalue weighted by atomic mass is 16.6. The van der Waals surface area contributed by atoms with E-state index in [0.717, 1.165) is 83.5 Å². The van der Waals surface area contributed by atoms with Gasteiger partial charge in [0.05, 0.1) is 6.61 Å². The molecule has 0 N–H and O–H groups in total. The monoisotopic (exact) mass is 867 g/mol. The molecule has 360 valence electrons. The molecule has 0 aliphatic rings. The van der Waals surface area contributed by atoms with Crippen molar-refractivity contribution in [3.8, 4) is 0 Å². The van der Waals surface area contributed by atoms with Crippen LogP contribution in [0.5, 0.6) is 0 Å². The summed E-state index contributed by atoms with van der Waals surface area (Å²) in [6.45, 7) is 7.69. The van der Waals surface area contributed by atoms with Gasteiger partial charge in [0, 0.05) is 19.4 Å². The maximum absolute atomic E-state index is 12.8. The Balaban J connectivity index is 4.32. The average Bonchev–Trinajstić information content (AvgIpc) is 3.27. The highest BCUT2D eigenvalue weighted by molar-refractivity contribution is 5.70. The molecule has 0 rings (SSSR count). The third-order valence-corrected chi connectivity index (χ3v) is 11.5. The minimum Gasteiger partial charge on any atom is -0.462 e. The van der Waals surface area contributed by atoms with Crippen molar-refractivity contribution in [3.63, 3.8) is 0 Å². The lowest BCUT2D eigenvalue weighted by atomic mass is 10.0. The first-order valence-corrected chi connectivity index (χ1v) is 26.8. The highest BCUT2D eigenvalue weighted by Crippen LogP contribution is 2.15. The van der Waals surface area contributed by atoms with E-state index >= 15 is 0 Å². The Morgan fingerprint density at radius 1 is 0.371 bits per heavy atom. The standard InChI is InChI=1S/C57H102O5/c1-4-7-10-13-16-19-22-25-28-31-34-37-40-43-46-49-52-60-53-55(62-57(59)51-48-45-42-39-36-33-30-27-24-21-18-15-12-9-6-3)54-61-56(58)50-47-44-41-38-35-32-29-26-23-20-17-14-11-8-5-2/h8,11,17,20,26-27,29-30,35,38,55H,4-7,9-10,12-16,18-19,21-25,28,31-34,36-37,39-54H2,1-3H3/b11-8-,20-17-,29-26-,30-27-,38-35-/t55-/m1/s1. The molecule has 5 nitrogen and oxygen atoms in total. The summed E-state index contributed by atoms with van der Waals surface area (Å²) in [6.07, 6.45) is 66.6. The quantitative estimate of drug-likeness (QED) is 0.0346. The zero-order valence-electron chi connectivity index (χ0n) is 41.4. The Morgan fingerprint density at radius 2 is 0.726 bits per heavy atom. The van der Waals surface area contributed by atoms with Gasteiger partial charge < -0.3 is 14.2 Å². The fourth-order valence-electron chi connectivity index (χ4n) is 7.56. The average molecular weight is 867 g/mol. The number of allylic oxidation sites excluding steroid dienone is 10. The predicted molar refractivity (Wildman–Crippen MR) is 270 cm³/mol. The molecule has 0 saturated heterocycles. The van der Waals surface area contributed by atoms with Crippen molar-refractivity contribution in [1.82, 2.24) is 0 Å². The van der Waals surface area contributed by atoms with Crippen LogP contribution in [-0.4, -0.2) is 37.9 Å². The van der Waals surface area contributed by atoms with E-state index in [1.807, 2.05) is 0 Å². The van der Waals surface area contributed by atoms with Crippen molar-refractivity contribution in [2.24, 2.45) is 0 Å². The molecule has 0 radical (unpaired) electrons. The van der Waals surface area contributed by atoms with Crippen molar-refractivity contribution in [2.75, 3.05) is 19.8 Å². The van der Waals surface area contributed by atoms with E-state index in [2.05, 4.69) is 81.5 Å². The summed E-state index contributed by atoms with van der Waals surface area (Å²) in [5, 5.41) is 0. The Kier molecular flexibility index (Phi) is 50.9. The summed E-state index contributed by atoms with van der Waals surface area (Å²) >= 11 is 0. The van der Waals surface area contributed by atoms with Gasteiger partial charge in [0.2, 0.25) is 0 Å². The van der Waals surface area contributed by atoms with Gasteiger partial charge in [0.15, 0.2) is 6.10 Å². The van der Waals surface area contributed by atoms with Crippen LogP contribution >= 0.6 is 0 Å². The van der Waals surface area contributed by atoms with Crippen LogP contribution in [-0.2, 0) is 23.8 Å². The van der Waals surface area contributed by atoms with E-state index in [0.29, 0.717) is 19.4 Å². The van der Waals surface area contributed by atoms with Crippen LogP contribution in [0.15, 0.2) is 60.8 Å². The molecule has 0 bridgehead atoms. The zero-order chi connectivity index (χ0) is 44.9. The van der Waals surface area contributed by atoms with Crippen LogP contribution in [0.3, 0.4) is 0 Å². The number of ether oxygens (including phenoxy) is 3. The molecular formula is C57H102O5. The van der Waals surface area contributed by atoms with Crippen molar-refractivity contribution in [2.45, 2.75) is 271 Å². The molecule has 0 aliphatic heterocycles. The molecule has 5 heteroatoms. The predicted octanol–water partition coefficient (Wildman–Crippen LogP) is 18.1. The van der Waals surface area contributed by atoms with Gasteiger partial charge in [0.1, 0.15) is 6.61 Å². The van der Waals surface area contributed by atoms with Crippen molar-refractivity contribution >= 4 is 11.9 Å². The minimum atomic E-state index is -0.556. The summed E-state index contributed by atoms with van der Waals surface area (Å²) in [5.74, 6) is -0.445. The lowest BCUT2D eigenvalue weighted by molar-refractivity contribution is -0.163. The van der Waals surface area contributed by atoms with E-state index in [-0.39, 0.29) is 25.2 Å². The lowest BCUT2D eigenvalue weighted by Crippen LogP contribution is -2.30. The molecule has 0 aromatic rings. The second kappa shape index (κ2) is 52.9. The summed E-state index contributed by atoms with van der Waals surface area (Å²) in [4.78, 5) is 25.4. The molecular weight excluding hydrogens is 765 g/mol. The van der Waals surface area contributed by atoms with Gasteiger partial charge in [0.25, 0.3) is 0 Å². The van der Waals surface area contributed by atoms with Crippen LogP contribution in [0.2, 0.25) is 0 Å². The van der Waals surface area contributed by atoms with Gasteiger partial charge in [-0.2, -0.15) is 0 Å². The first-order valence-electron chi connectivity index (χ1n) is 26.8. The number of carbonyl (C=O) groups excluding carboxylic acids is 2. The van der Waals surface area contributed by atoms with Crippen LogP contribution < -0.4 is 0 Å². The molecule has 0 spiro atoms. The number of unbranched alkanes of at least 4 members (excludes halogenated alkanes) is 28. The van der Waals surface area contributed by atoms with Crippen molar-refractivity contribution in [1.29, 1.82) is 0 Å². The number of hydrogen-bond donors (Lipinski definition) is 0. The van der Waals surface area contributed by atoms with Crippen LogP contribution in [0.25, 0.3) is 0 Å². The SMILES string of the molecule is CC/C=C\C/C=C\C/C=C\C/C=C\CCCCC(=O)OC[C@@H](COCCCCCCCCCCCCCCCCCC)OC(=O)CCCCCCC/C=C\CCCCCCCC. The summed E-state index contributed by atoms with van der Waals surface area (Å²) in [5.41, 5.74) is 0. The normalized spacial score (nSPS) is 12.6. The van der Waals surface area contributed by atoms with Gasteiger partial charge in [-0.1, -0.05) is 229 Å². The fourth-order valence-corrected chi connectivity index (χ4v) is 7.56. The van der Waals surface area contributed by atoms with E-state index in [9.17, 15) is 9.59 Å². The van der Waals surface area contributed by atoms with Crippen LogP contribution in [0, 0.1) is 0 Å². The molecule has 62 heavy (non-hydrogen) atoms. The Morgan fingerprint density at radius 3 is 1.21 bits per heavy atom. The Hall–Kier alpha value is -2.40. The largest absolute Gasteiger partial charge is 0.462 e. The third kappa shape index (κ3) is 50.2. The Labute approximate surface area is 385 Å². The molecule has 0 amide bonds. The molecule has 0 aromatic heterocycles. The summed E-state index contributed by atoms with van der Waals surface area (Å²) in [7, 11) is 0. The number of rotatable bonds is 49. The molecule has 0 saturated carbocycles. The molecule has 1 atom stereocenters. The number of hydrogen-bond acceptors (Lipinski definition) is 5. The lowest BCUT2D eigenvalue weighted by Gasteiger charge is -2.18.